The average Bonchev–Trinajstić information content (AvgIpc) is 2.58. The molecule has 0 spiro atoms. The van der Waals surface area contributed by atoms with E-state index in [1.807, 2.05) is 49.4 Å². The highest BCUT2D eigenvalue weighted by Gasteiger charge is 1.99. The van der Waals surface area contributed by atoms with E-state index in [0.717, 1.165) is 41.2 Å². The number of pyridine rings is 1. The molecule has 4 nitrogen and oxygen atoms in total. The highest BCUT2D eigenvalue weighted by molar-refractivity contribution is 14.0. The van der Waals surface area contributed by atoms with Crippen LogP contribution in [0, 0.1) is 6.92 Å². The van der Waals surface area contributed by atoms with Gasteiger partial charge >= 0.3 is 0 Å². The van der Waals surface area contributed by atoms with E-state index in [2.05, 4.69) is 27.5 Å². The number of hydrogen-bond acceptors (Lipinski definition) is 3. The molecule has 7 heteroatoms. The summed E-state index contributed by atoms with van der Waals surface area (Å²) in [4.78, 5) is 10.3. The summed E-state index contributed by atoms with van der Waals surface area (Å²) in [5.74, 6) is 1.77. The minimum atomic E-state index is 0. The van der Waals surface area contributed by atoms with Crippen molar-refractivity contribution < 1.29 is 0 Å². The van der Waals surface area contributed by atoms with Crippen molar-refractivity contribution >= 4 is 53.3 Å². The molecule has 1 heterocycles. The summed E-state index contributed by atoms with van der Waals surface area (Å²) in [6, 6.07) is 13.9. The Labute approximate surface area is 176 Å². The first-order chi connectivity index (χ1) is 11.7. The number of benzene rings is 1. The van der Waals surface area contributed by atoms with Crippen LogP contribution in [0.25, 0.3) is 0 Å². The lowest BCUT2D eigenvalue weighted by atomic mass is 10.3. The van der Waals surface area contributed by atoms with Crippen molar-refractivity contribution in [2.24, 2.45) is 4.99 Å². The van der Waals surface area contributed by atoms with Crippen molar-refractivity contribution in [2.45, 2.75) is 25.3 Å². The number of halogens is 2. The third-order valence-electron chi connectivity index (χ3n) is 3.17. The fraction of sp³-hybridized carbons (Fsp3) is 0.333. The van der Waals surface area contributed by atoms with Crippen molar-refractivity contribution in [3.8, 4) is 0 Å². The quantitative estimate of drug-likeness (QED) is 0.197. The van der Waals surface area contributed by atoms with Gasteiger partial charge in [0.25, 0.3) is 0 Å². The van der Waals surface area contributed by atoms with E-state index in [1.165, 1.54) is 4.90 Å². The van der Waals surface area contributed by atoms with Crippen LogP contribution in [0.2, 0.25) is 5.02 Å². The number of aromatic nitrogens is 1. The standard InChI is InChI=1S/C18H23ClN4S.HI/c1-3-20-18(22-13-16-6-4-5-14(2)23-16)21-11-12-24-17-9-7-15(19)8-10-17;/h4-10H,3,11-13H2,1-2H3,(H2,20,21,22);1H. The fourth-order valence-electron chi connectivity index (χ4n) is 2.06. The second-order valence-corrected chi connectivity index (χ2v) is 6.80. The van der Waals surface area contributed by atoms with Gasteiger partial charge in [-0.2, -0.15) is 0 Å². The SMILES string of the molecule is CCNC(=NCc1cccc(C)n1)NCCSc1ccc(Cl)cc1.I. The van der Waals surface area contributed by atoms with Gasteiger partial charge in [0.1, 0.15) is 0 Å². The third kappa shape index (κ3) is 8.78. The molecule has 0 saturated carbocycles. The van der Waals surface area contributed by atoms with E-state index in [4.69, 9.17) is 11.6 Å². The zero-order chi connectivity index (χ0) is 17.2. The molecule has 0 bridgehead atoms. The normalized spacial score (nSPS) is 10.9. The molecule has 2 aromatic rings. The maximum absolute atomic E-state index is 5.89. The molecule has 0 aliphatic heterocycles. The van der Waals surface area contributed by atoms with Gasteiger partial charge in [0.05, 0.1) is 12.2 Å². The van der Waals surface area contributed by atoms with Gasteiger partial charge < -0.3 is 10.6 Å². The molecule has 0 radical (unpaired) electrons. The zero-order valence-corrected chi connectivity index (χ0v) is 18.4. The van der Waals surface area contributed by atoms with Crippen molar-refractivity contribution in [1.82, 2.24) is 15.6 Å². The van der Waals surface area contributed by atoms with Crippen LogP contribution in [0.1, 0.15) is 18.3 Å². The van der Waals surface area contributed by atoms with E-state index in [9.17, 15) is 0 Å². The molecule has 2 N–H and O–H groups in total. The topological polar surface area (TPSA) is 49.3 Å². The Kier molecular flexibility index (Phi) is 10.9. The highest BCUT2D eigenvalue weighted by Crippen LogP contribution is 2.19. The molecule has 25 heavy (non-hydrogen) atoms. The number of nitrogens with one attached hydrogen (secondary N) is 2. The molecule has 0 fully saturated rings. The van der Waals surface area contributed by atoms with Crippen molar-refractivity contribution in [3.63, 3.8) is 0 Å². The van der Waals surface area contributed by atoms with Crippen LogP contribution in [0.5, 0.6) is 0 Å². The summed E-state index contributed by atoms with van der Waals surface area (Å²) in [5, 5.41) is 7.38. The number of aryl methyl sites for hydroxylation is 1. The Morgan fingerprint density at radius 3 is 2.60 bits per heavy atom. The van der Waals surface area contributed by atoms with E-state index in [-0.39, 0.29) is 24.0 Å². The molecular formula is C18H24ClIN4S. The van der Waals surface area contributed by atoms with Gasteiger partial charge in [-0.3, -0.25) is 4.98 Å². The maximum atomic E-state index is 5.89. The first-order valence-electron chi connectivity index (χ1n) is 8.00. The third-order valence-corrected chi connectivity index (χ3v) is 4.43. The van der Waals surface area contributed by atoms with Crippen LogP contribution in [-0.2, 0) is 6.54 Å². The average molecular weight is 491 g/mol. The van der Waals surface area contributed by atoms with Gasteiger partial charge in [-0.1, -0.05) is 17.7 Å². The number of rotatable bonds is 7. The lowest BCUT2D eigenvalue weighted by molar-refractivity contribution is 0.835. The summed E-state index contributed by atoms with van der Waals surface area (Å²) in [7, 11) is 0. The van der Waals surface area contributed by atoms with Gasteiger partial charge in [0, 0.05) is 34.5 Å². The predicted molar refractivity (Wildman–Crippen MR) is 119 cm³/mol. The fourth-order valence-corrected chi connectivity index (χ4v) is 2.95. The molecule has 0 unspecified atom stereocenters. The molecule has 0 amide bonds. The minimum absolute atomic E-state index is 0. The van der Waals surface area contributed by atoms with Crippen molar-refractivity contribution in [1.29, 1.82) is 0 Å². The van der Waals surface area contributed by atoms with Crippen LogP contribution in [0.15, 0.2) is 52.4 Å². The number of aliphatic imine (C=N–C) groups is 1. The van der Waals surface area contributed by atoms with Crippen LogP contribution in [-0.4, -0.2) is 29.8 Å². The lowest BCUT2D eigenvalue weighted by Gasteiger charge is -2.11. The molecule has 0 atom stereocenters. The van der Waals surface area contributed by atoms with Crippen molar-refractivity contribution in [3.05, 3.63) is 58.9 Å². The Bertz CT molecular complexity index is 664. The summed E-state index contributed by atoms with van der Waals surface area (Å²) < 4.78 is 0. The predicted octanol–water partition coefficient (Wildman–Crippen LogP) is 4.51. The van der Waals surface area contributed by atoms with Gasteiger partial charge in [0.15, 0.2) is 5.96 Å². The second kappa shape index (κ2) is 12.4. The maximum Gasteiger partial charge on any atom is 0.191 e. The van der Waals surface area contributed by atoms with Crippen LogP contribution in [0.4, 0.5) is 0 Å². The number of guanidine groups is 1. The summed E-state index contributed by atoms with van der Waals surface area (Å²) >= 11 is 7.68. The zero-order valence-electron chi connectivity index (χ0n) is 14.5. The van der Waals surface area contributed by atoms with E-state index in [0.29, 0.717) is 6.54 Å². The van der Waals surface area contributed by atoms with Crippen molar-refractivity contribution in [2.75, 3.05) is 18.8 Å². The minimum Gasteiger partial charge on any atom is -0.357 e. The van der Waals surface area contributed by atoms with Gasteiger partial charge in [-0.05, 0) is 50.2 Å². The van der Waals surface area contributed by atoms with Crippen LogP contribution < -0.4 is 10.6 Å². The van der Waals surface area contributed by atoms with Crippen LogP contribution >= 0.6 is 47.3 Å². The molecular weight excluding hydrogens is 467 g/mol. The Morgan fingerprint density at radius 2 is 1.92 bits per heavy atom. The summed E-state index contributed by atoms with van der Waals surface area (Å²) in [6.07, 6.45) is 0. The number of nitrogens with zero attached hydrogens (tertiary/aromatic N) is 2. The first kappa shape index (κ1) is 22.1. The van der Waals surface area contributed by atoms with Gasteiger partial charge in [-0.25, -0.2) is 4.99 Å². The summed E-state index contributed by atoms with van der Waals surface area (Å²) in [5.41, 5.74) is 1.99. The Hall–Kier alpha value is -0.990. The van der Waals surface area contributed by atoms with Gasteiger partial charge in [-0.15, -0.1) is 35.7 Å². The summed E-state index contributed by atoms with van der Waals surface area (Å²) in [6.45, 7) is 6.29. The smallest absolute Gasteiger partial charge is 0.191 e. The number of hydrogen-bond donors (Lipinski definition) is 2. The first-order valence-corrected chi connectivity index (χ1v) is 9.37. The molecule has 1 aromatic carbocycles. The monoisotopic (exact) mass is 490 g/mol. The van der Waals surface area contributed by atoms with Gasteiger partial charge in [0.2, 0.25) is 0 Å². The molecule has 136 valence electrons. The molecule has 1 aromatic heterocycles. The Morgan fingerprint density at radius 1 is 1.16 bits per heavy atom. The van der Waals surface area contributed by atoms with Crippen LogP contribution in [0.3, 0.4) is 0 Å². The Balaban J connectivity index is 0.00000312. The number of thioether (sulfide) groups is 1. The lowest BCUT2D eigenvalue weighted by Crippen LogP contribution is -2.38. The molecule has 0 aliphatic carbocycles. The van der Waals surface area contributed by atoms with E-state index in [1.54, 1.807) is 11.8 Å². The highest BCUT2D eigenvalue weighted by atomic mass is 127. The molecule has 0 aliphatic rings. The van der Waals surface area contributed by atoms with E-state index >= 15 is 0 Å². The molecule has 2 rings (SSSR count). The van der Waals surface area contributed by atoms with E-state index < -0.39 is 0 Å². The largest absolute Gasteiger partial charge is 0.357 e. The molecule has 0 saturated heterocycles. The second-order valence-electron chi connectivity index (χ2n) is 5.19.